The van der Waals surface area contributed by atoms with Crippen LogP contribution in [-0.2, 0) is 0 Å². The van der Waals surface area contributed by atoms with Crippen molar-refractivity contribution in [2.45, 2.75) is 0 Å². The summed E-state index contributed by atoms with van der Waals surface area (Å²) in [6.07, 6.45) is 0. The molecule has 0 amide bonds. The SMILES string of the molecule is COc1ccc(C(=Nc2ccccc2)Nc2ccccc2)cc1.Cl. The van der Waals surface area contributed by atoms with Gasteiger partial charge in [0.05, 0.1) is 12.8 Å². The third-order valence-corrected chi connectivity index (χ3v) is 3.40. The van der Waals surface area contributed by atoms with Crippen LogP contribution in [0.25, 0.3) is 0 Å². The Morgan fingerprint density at radius 1 is 0.792 bits per heavy atom. The highest BCUT2D eigenvalue weighted by atomic mass is 35.5. The molecule has 0 bridgehead atoms. The number of rotatable bonds is 4. The molecule has 0 aliphatic carbocycles. The minimum Gasteiger partial charge on any atom is -0.497 e. The smallest absolute Gasteiger partial charge is 0.138 e. The fourth-order valence-corrected chi connectivity index (χ4v) is 2.20. The van der Waals surface area contributed by atoms with E-state index in [1.165, 1.54) is 0 Å². The van der Waals surface area contributed by atoms with Gasteiger partial charge in [0.25, 0.3) is 0 Å². The highest BCUT2D eigenvalue weighted by molar-refractivity contribution is 6.09. The number of amidine groups is 1. The van der Waals surface area contributed by atoms with E-state index in [-0.39, 0.29) is 12.4 Å². The summed E-state index contributed by atoms with van der Waals surface area (Å²) in [6, 6.07) is 27.8. The Hall–Kier alpha value is -2.78. The molecule has 0 heterocycles. The van der Waals surface area contributed by atoms with Gasteiger partial charge < -0.3 is 10.1 Å². The first kappa shape index (κ1) is 17.6. The zero-order valence-corrected chi connectivity index (χ0v) is 14.2. The lowest BCUT2D eigenvalue weighted by Gasteiger charge is -2.11. The lowest BCUT2D eigenvalue weighted by molar-refractivity contribution is 0.415. The molecule has 3 aromatic rings. The van der Waals surface area contributed by atoms with E-state index < -0.39 is 0 Å². The Labute approximate surface area is 148 Å². The largest absolute Gasteiger partial charge is 0.497 e. The summed E-state index contributed by atoms with van der Waals surface area (Å²) in [5.41, 5.74) is 2.90. The third-order valence-electron chi connectivity index (χ3n) is 3.40. The number of aliphatic imine (C=N–C) groups is 1. The summed E-state index contributed by atoms with van der Waals surface area (Å²) >= 11 is 0. The van der Waals surface area contributed by atoms with Gasteiger partial charge in [-0.3, -0.25) is 0 Å². The van der Waals surface area contributed by atoms with Gasteiger partial charge in [0, 0.05) is 11.3 Å². The second-order valence-electron chi connectivity index (χ2n) is 5.02. The molecule has 0 saturated heterocycles. The van der Waals surface area contributed by atoms with Gasteiger partial charge in [0.15, 0.2) is 0 Å². The molecule has 0 radical (unpaired) electrons. The van der Waals surface area contributed by atoms with Crippen molar-refractivity contribution in [1.29, 1.82) is 0 Å². The van der Waals surface area contributed by atoms with Crippen molar-refractivity contribution in [3.05, 3.63) is 90.5 Å². The highest BCUT2D eigenvalue weighted by Gasteiger charge is 2.05. The van der Waals surface area contributed by atoms with Gasteiger partial charge >= 0.3 is 0 Å². The van der Waals surface area contributed by atoms with E-state index in [0.29, 0.717) is 0 Å². The van der Waals surface area contributed by atoms with E-state index in [9.17, 15) is 0 Å². The van der Waals surface area contributed by atoms with Crippen LogP contribution in [-0.4, -0.2) is 12.9 Å². The summed E-state index contributed by atoms with van der Waals surface area (Å²) in [7, 11) is 1.66. The van der Waals surface area contributed by atoms with Crippen molar-refractivity contribution in [1.82, 2.24) is 0 Å². The van der Waals surface area contributed by atoms with E-state index in [1.54, 1.807) is 7.11 Å². The monoisotopic (exact) mass is 338 g/mol. The number of ether oxygens (including phenoxy) is 1. The molecule has 0 fully saturated rings. The van der Waals surface area contributed by atoms with Gasteiger partial charge in [-0.1, -0.05) is 36.4 Å². The van der Waals surface area contributed by atoms with Crippen molar-refractivity contribution < 1.29 is 4.74 Å². The van der Waals surface area contributed by atoms with Crippen molar-refractivity contribution in [2.75, 3.05) is 12.4 Å². The molecule has 3 aromatic carbocycles. The number of nitrogens with one attached hydrogen (secondary N) is 1. The number of anilines is 1. The average molecular weight is 339 g/mol. The molecule has 0 spiro atoms. The first-order valence-electron chi connectivity index (χ1n) is 7.45. The molecule has 0 aliphatic rings. The minimum atomic E-state index is 0. The first-order valence-corrected chi connectivity index (χ1v) is 7.45. The van der Waals surface area contributed by atoms with Gasteiger partial charge in [0.2, 0.25) is 0 Å². The first-order chi connectivity index (χ1) is 11.3. The molecule has 0 unspecified atom stereocenters. The summed E-state index contributed by atoms with van der Waals surface area (Å²) < 4.78 is 5.23. The molecule has 3 rings (SSSR count). The molecule has 0 atom stereocenters. The topological polar surface area (TPSA) is 33.6 Å². The number of para-hydroxylation sites is 2. The standard InChI is InChI=1S/C20H18N2O.ClH/c1-23-19-14-12-16(13-15-19)20(21-17-8-4-2-5-9-17)22-18-10-6-3-7-11-18;/h2-15H,1H3,(H,21,22);1H. The molecular weight excluding hydrogens is 320 g/mol. The number of methoxy groups -OCH3 is 1. The molecule has 3 nitrogen and oxygen atoms in total. The molecule has 4 heteroatoms. The highest BCUT2D eigenvalue weighted by Crippen LogP contribution is 2.18. The van der Waals surface area contributed by atoms with Crippen molar-refractivity contribution >= 4 is 29.6 Å². The van der Waals surface area contributed by atoms with Crippen LogP contribution in [0.2, 0.25) is 0 Å². The fraction of sp³-hybridized carbons (Fsp3) is 0.0500. The molecular formula is C20H19ClN2O. The predicted octanol–water partition coefficient (Wildman–Crippen LogP) is 5.31. The van der Waals surface area contributed by atoms with E-state index in [4.69, 9.17) is 9.73 Å². The van der Waals surface area contributed by atoms with Gasteiger partial charge in [0.1, 0.15) is 11.6 Å². The molecule has 122 valence electrons. The molecule has 0 aliphatic heterocycles. The Morgan fingerprint density at radius 2 is 1.38 bits per heavy atom. The average Bonchev–Trinajstić information content (AvgIpc) is 2.63. The molecule has 24 heavy (non-hydrogen) atoms. The van der Waals surface area contributed by atoms with E-state index >= 15 is 0 Å². The Morgan fingerprint density at radius 3 is 1.96 bits per heavy atom. The number of hydrogen-bond acceptors (Lipinski definition) is 2. The van der Waals surface area contributed by atoms with Crippen LogP contribution in [0.1, 0.15) is 5.56 Å². The van der Waals surface area contributed by atoms with Crippen LogP contribution in [0.5, 0.6) is 5.75 Å². The van der Waals surface area contributed by atoms with Gasteiger partial charge in [-0.25, -0.2) is 4.99 Å². The number of halogens is 1. The van der Waals surface area contributed by atoms with Crippen molar-refractivity contribution in [3.8, 4) is 5.75 Å². The van der Waals surface area contributed by atoms with Gasteiger partial charge in [-0.15, -0.1) is 12.4 Å². The predicted molar refractivity (Wildman–Crippen MR) is 103 cm³/mol. The van der Waals surface area contributed by atoms with Crippen molar-refractivity contribution in [2.24, 2.45) is 4.99 Å². The zero-order chi connectivity index (χ0) is 15.9. The Bertz CT molecular complexity index is 772. The normalized spacial score (nSPS) is 10.6. The maximum absolute atomic E-state index is 5.23. The Kier molecular flexibility index (Phi) is 6.41. The van der Waals surface area contributed by atoms with Crippen LogP contribution >= 0.6 is 12.4 Å². The lowest BCUT2D eigenvalue weighted by Crippen LogP contribution is -2.13. The zero-order valence-electron chi connectivity index (χ0n) is 13.3. The van der Waals surface area contributed by atoms with E-state index in [0.717, 1.165) is 28.5 Å². The minimum absolute atomic E-state index is 0. The van der Waals surface area contributed by atoms with Crippen LogP contribution < -0.4 is 10.1 Å². The number of nitrogens with zero attached hydrogens (tertiary/aromatic N) is 1. The fourth-order valence-electron chi connectivity index (χ4n) is 2.20. The van der Waals surface area contributed by atoms with Crippen LogP contribution in [0.3, 0.4) is 0 Å². The second kappa shape index (κ2) is 8.75. The molecule has 0 saturated carbocycles. The van der Waals surface area contributed by atoms with E-state index in [1.807, 2.05) is 84.9 Å². The quantitative estimate of drug-likeness (QED) is 0.516. The molecule has 0 aromatic heterocycles. The summed E-state index contributed by atoms with van der Waals surface area (Å²) in [5.74, 6) is 1.62. The van der Waals surface area contributed by atoms with Crippen LogP contribution in [0.15, 0.2) is 89.9 Å². The number of hydrogen-bond donors (Lipinski definition) is 1. The maximum atomic E-state index is 5.23. The van der Waals surface area contributed by atoms with Gasteiger partial charge in [-0.2, -0.15) is 0 Å². The van der Waals surface area contributed by atoms with Crippen LogP contribution in [0.4, 0.5) is 11.4 Å². The van der Waals surface area contributed by atoms with Crippen LogP contribution in [0, 0.1) is 0 Å². The summed E-state index contributed by atoms with van der Waals surface area (Å²) in [5, 5.41) is 3.39. The summed E-state index contributed by atoms with van der Waals surface area (Å²) in [6.45, 7) is 0. The third kappa shape index (κ3) is 4.61. The molecule has 1 N–H and O–H groups in total. The van der Waals surface area contributed by atoms with E-state index in [2.05, 4.69) is 5.32 Å². The van der Waals surface area contributed by atoms with Crippen molar-refractivity contribution in [3.63, 3.8) is 0 Å². The lowest BCUT2D eigenvalue weighted by atomic mass is 10.2. The maximum Gasteiger partial charge on any atom is 0.138 e. The number of benzene rings is 3. The Balaban J connectivity index is 0.00000208. The summed E-state index contributed by atoms with van der Waals surface area (Å²) in [4.78, 5) is 4.74. The second-order valence-corrected chi connectivity index (χ2v) is 5.02. The van der Waals surface area contributed by atoms with Gasteiger partial charge in [-0.05, 0) is 48.5 Å².